The van der Waals surface area contributed by atoms with Gasteiger partial charge in [0.1, 0.15) is 6.04 Å². The van der Waals surface area contributed by atoms with Gasteiger partial charge in [0, 0.05) is 5.75 Å². The molecule has 4 rings (SSSR count). The first kappa shape index (κ1) is 22.5. The molecular weight excluding hydrogens is 408 g/mol. The molecule has 1 aliphatic heterocycles. The van der Waals surface area contributed by atoms with Crippen LogP contribution >= 0.6 is 24.2 Å². The fraction of sp³-hybridized carbons (Fsp3) is 0.269. The van der Waals surface area contributed by atoms with Crippen molar-refractivity contribution in [3.63, 3.8) is 0 Å². The van der Waals surface area contributed by atoms with Crippen LogP contribution in [0.15, 0.2) is 71.7 Å². The summed E-state index contributed by atoms with van der Waals surface area (Å²) in [6, 6.07) is 23.8. The van der Waals surface area contributed by atoms with Gasteiger partial charge in [-0.05, 0) is 66.6 Å². The normalized spacial score (nSPS) is 17.8. The fourth-order valence-electron chi connectivity index (χ4n) is 4.03. The SMILES string of the molecule is Cc1cc(C)c(C)c(CSC2=N[C@@H](c3ccccc3)[C@@H](c3ccccc3)N2)c1C.Cl. The average Bonchev–Trinajstić information content (AvgIpc) is 3.18. The third-order valence-corrected chi connectivity index (χ3v) is 6.96. The summed E-state index contributed by atoms with van der Waals surface area (Å²) in [4.78, 5) is 5.10. The highest BCUT2D eigenvalue weighted by Gasteiger charge is 2.31. The van der Waals surface area contributed by atoms with Gasteiger partial charge in [-0.3, -0.25) is 4.99 Å². The molecule has 0 spiro atoms. The highest BCUT2D eigenvalue weighted by atomic mass is 35.5. The molecule has 0 aromatic heterocycles. The van der Waals surface area contributed by atoms with Crippen molar-refractivity contribution >= 4 is 29.3 Å². The van der Waals surface area contributed by atoms with Gasteiger partial charge in [0.05, 0.1) is 6.04 Å². The predicted molar refractivity (Wildman–Crippen MR) is 133 cm³/mol. The Morgan fingerprint density at radius 2 is 1.33 bits per heavy atom. The number of thioether (sulfide) groups is 1. The van der Waals surface area contributed by atoms with Crippen LogP contribution in [0.3, 0.4) is 0 Å². The van der Waals surface area contributed by atoms with E-state index in [1.165, 1.54) is 38.9 Å². The second kappa shape index (κ2) is 9.72. The van der Waals surface area contributed by atoms with Crippen molar-refractivity contribution in [2.45, 2.75) is 45.5 Å². The van der Waals surface area contributed by atoms with Crippen molar-refractivity contribution in [2.75, 3.05) is 0 Å². The van der Waals surface area contributed by atoms with E-state index in [9.17, 15) is 0 Å². The van der Waals surface area contributed by atoms with Gasteiger partial charge in [-0.2, -0.15) is 0 Å². The zero-order valence-corrected chi connectivity index (χ0v) is 19.6. The highest BCUT2D eigenvalue weighted by molar-refractivity contribution is 8.13. The number of benzene rings is 3. The summed E-state index contributed by atoms with van der Waals surface area (Å²) in [6.07, 6.45) is 0. The maximum atomic E-state index is 5.10. The summed E-state index contributed by atoms with van der Waals surface area (Å²) in [5.41, 5.74) is 9.51. The highest BCUT2D eigenvalue weighted by Crippen LogP contribution is 2.38. The largest absolute Gasteiger partial charge is 0.356 e. The van der Waals surface area contributed by atoms with E-state index in [0.717, 1.165) is 10.9 Å². The van der Waals surface area contributed by atoms with Crippen LogP contribution < -0.4 is 5.32 Å². The van der Waals surface area contributed by atoms with Crippen LogP contribution in [0.1, 0.15) is 51.0 Å². The second-order valence-corrected chi connectivity index (χ2v) is 8.81. The van der Waals surface area contributed by atoms with Crippen LogP contribution in [0.4, 0.5) is 0 Å². The molecule has 0 unspecified atom stereocenters. The number of hydrogen-bond donors (Lipinski definition) is 1. The van der Waals surface area contributed by atoms with Crippen molar-refractivity contribution in [3.8, 4) is 0 Å². The quantitative estimate of drug-likeness (QED) is 0.475. The fourth-order valence-corrected chi connectivity index (χ4v) is 5.14. The molecule has 0 fully saturated rings. The number of amidine groups is 1. The number of rotatable bonds is 4. The maximum absolute atomic E-state index is 5.10. The summed E-state index contributed by atoms with van der Waals surface area (Å²) in [7, 11) is 0. The zero-order chi connectivity index (χ0) is 20.4. The van der Waals surface area contributed by atoms with Gasteiger partial charge in [0.15, 0.2) is 5.17 Å². The van der Waals surface area contributed by atoms with E-state index >= 15 is 0 Å². The van der Waals surface area contributed by atoms with Gasteiger partial charge in [-0.15, -0.1) is 12.4 Å². The van der Waals surface area contributed by atoms with Gasteiger partial charge in [0.2, 0.25) is 0 Å². The molecule has 0 saturated heterocycles. The molecule has 3 aromatic rings. The molecule has 0 amide bonds. The Labute approximate surface area is 190 Å². The minimum Gasteiger partial charge on any atom is -0.356 e. The lowest BCUT2D eigenvalue weighted by Gasteiger charge is -2.19. The molecule has 3 aromatic carbocycles. The summed E-state index contributed by atoms with van der Waals surface area (Å²) in [5.74, 6) is 0.940. The van der Waals surface area contributed by atoms with Gasteiger partial charge in [0.25, 0.3) is 0 Å². The van der Waals surface area contributed by atoms with Gasteiger partial charge < -0.3 is 5.32 Å². The third kappa shape index (κ3) is 4.58. The molecule has 2 atom stereocenters. The molecule has 30 heavy (non-hydrogen) atoms. The molecule has 2 nitrogen and oxygen atoms in total. The monoisotopic (exact) mass is 436 g/mol. The van der Waals surface area contributed by atoms with Crippen LogP contribution in [0, 0.1) is 27.7 Å². The van der Waals surface area contributed by atoms with Crippen molar-refractivity contribution < 1.29 is 0 Å². The first-order chi connectivity index (χ1) is 14.0. The van der Waals surface area contributed by atoms with Gasteiger partial charge in [-0.25, -0.2) is 0 Å². The van der Waals surface area contributed by atoms with Crippen LogP contribution in [-0.2, 0) is 5.75 Å². The van der Waals surface area contributed by atoms with E-state index in [1.807, 2.05) is 11.8 Å². The van der Waals surface area contributed by atoms with Crippen molar-refractivity contribution in [1.29, 1.82) is 0 Å². The standard InChI is InChI=1S/C26H28N2S.ClH/c1-17-15-18(2)20(4)23(19(17)3)16-29-26-27-24(21-11-7-5-8-12-21)25(28-26)22-13-9-6-10-14-22;/h5-15,24-25H,16H2,1-4H3,(H,27,28);1H/t24-,25+;. The summed E-state index contributed by atoms with van der Waals surface area (Å²) < 4.78 is 0. The van der Waals surface area contributed by atoms with Crippen LogP contribution in [0.25, 0.3) is 0 Å². The second-order valence-electron chi connectivity index (χ2n) is 7.85. The Morgan fingerprint density at radius 3 is 1.90 bits per heavy atom. The van der Waals surface area contributed by atoms with Crippen LogP contribution in [0.5, 0.6) is 0 Å². The molecule has 1 aliphatic rings. The Kier molecular flexibility index (Phi) is 7.27. The van der Waals surface area contributed by atoms with E-state index in [0.29, 0.717) is 0 Å². The average molecular weight is 437 g/mol. The topological polar surface area (TPSA) is 24.4 Å². The predicted octanol–water partition coefficient (Wildman–Crippen LogP) is 7.02. The molecule has 0 radical (unpaired) electrons. The molecule has 4 heteroatoms. The summed E-state index contributed by atoms with van der Waals surface area (Å²) in [6.45, 7) is 8.89. The molecule has 0 saturated carbocycles. The van der Waals surface area contributed by atoms with Crippen LogP contribution in [-0.4, -0.2) is 5.17 Å². The zero-order valence-electron chi connectivity index (χ0n) is 18.0. The molecule has 0 bridgehead atoms. The number of nitrogens with zero attached hydrogens (tertiary/aromatic N) is 1. The van der Waals surface area contributed by atoms with E-state index in [2.05, 4.69) is 99.7 Å². The summed E-state index contributed by atoms with van der Waals surface area (Å²) >= 11 is 1.82. The Bertz CT molecular complexity index is 1010. The minimum atomic E-state index is 0. The van der Waals surface area contributed by atoms with E-state index in [1.54, 1.807) is 0 Å². The lowest BCUT2D eigenvalue weighted by molar-refractivity contribution is 0.573. The molecule has 1 N–H and O–H groups in total. The van der Waals surface area contributed by atoms with Crippen molar-refractivity contribution in [3.05, 3.63) is 106 Å². The van der Waals surface area contributed by atoms with Crippen molar-refractivity contribution in [1.82, 2.24) is 5.32 Å². The maximum Gasteiger partial charge on any atom is 0.158 e. The Balaban J connectivity index is 0.00000256. The van der Waals surface area contributed by atoms with E-state index in [4.69, 9.17) is 4.99 Å². The number of nitrogens with one attached hydrogen (secondary N) is 1. The lowest BCUT2D eigenvalue weighted by atomic mass is 9.95. The Morgan fingerprint density at radius 1 is 0.800 bits per heavy atom. The molecular formula is C26H29ClN2S. The number of hydrogen-bond acceptors (Lipinski definition) is 3. The number of aryl methyl sites for hydroxylation is 2. The van der Waals surface area contributed by atoms with E-state index in [-0.39, 0.29) is 24.5 Å². The van der Waals surface area contributed by atoms with Gasteiger partial charge in [-0.1, -0.05) is 78.5 Å². The lowest BCUT2D eigenvalue weighted by Crippen LogP contribution is -2.22. The molecule has 0 aliphatic carbocycles. The first-order valence-corrected chi connectivity index (χ1v) is 11.2. The number of aliphatic imine (C=N–C) groups is 1. The van der Waals surface area contributed by atoms with E-state index < -0.39 is 0 Å². The Hall–Kier alpha value is -2.23. The summed E-state index contributed by atoms with van der Waals surface area (Å²) in [5, 5.41) is 4.74. The number of halogens is 1. The smallest absolute Gasteiger partial charge is 0.158 e. The van der Waals surface area contributed by atoms with Crippen molar-refractivity contribution in [2.24, 2.45) is 4.99 Å². The first-order valence-electron chi connectivity index (χ1n) is 10.2. The minimum absolute atomic E-state index is 0. The van der Waals surface area contributed by atoms with Gasteiger partial charge >= 0.3 is 0 Å². The van der Waals surface area contributed by atoms with Crippen LogP contribution in [0.2, 0.25) is 0 Å². The molecule has 1 heterocycles. The third-order valence-electron chi connectivity index (χ3n) is 6.03. The molecule has 156 valence electrons.